The standard InChI is InChI=1S/C22H16FN5O2S/c1-12-19-15(10-16(18-4-3-9-30-18)24-20(19)28(2)27-12)21(29)26-22-25-17(11-31-22)13-5-7-14(23)8-6-13/h3-11H,1-2H3,(H,25,26,29). The molecule has 0 saturated carbocycles. The number of aryl methyl sites for hydroxylation is 2. The van der Waals surface area contributed by atoms with Gasteiger partial charge in [0.25, 0.3) is 5.91 Å². The minimum atomic E-state index is -0.323. The first-order chi connectivity index (χ1) is 15.0. The number of benzene rings is 1. The summed E-state index contributed by atoms with van der Waals surface area (Å²) in [7, 11) is 1.78. The Morgan fingerprint density at radius 1 is 1.16 bits per heavy atom. The van der Waals surface area contributed by atoms with E-state index in [1.165, 1.54) is 23.5 Å². The predicted molar refractivity (Wildman–Crippen MR) is 116 cm³/mol. The Morgan fingerprint density at radius 3 is 2.71 bits per heavy atom. The fraction of sp³-hybridized carbons (Fsp3) is 0.0909. The number of carbonyl (C=O) groups excluding carboxylic acids is 1. The number of hydrogen-bond acceptors (Lipinski definition) is 6. The van der Waals surface area contributed by atoms with Gasteiger partial charge in [-0.05, 0) is 49.4 Å². The van der Waals surface area contributed by atoms with E-state index in [-0.39, 0.29) is 11.7 Å². The van der Waals surface area contributed by atoms with E-state index < -0.39 is 0 Å². The zero-order chi connectivity index (χ0) is 21.5. The maximum Gasteiger partial charge on any atom is 0.258 e. The number of rotatable bonds is 4. The number of nitrogens with one attached hydrogen (secondary N) is 1. The van der Waals surface area contributed by atoms with Gasteiger partial charge in [-0.2, -0.15) is 5.10 Å². The molecule has 1 amide bonds. The van der Waals surface area contributed by atoms with Crippen LogP contribution in [0.1, 0.15) is 16.1 Å². The van der Waals surface area contributed by atoms with Crippen LogP contribution in [0.15, 0.2) is 58.5 Å². The lowest BCUT2D eigenvalue weighted by molar-refractivity contribution is 0.102. The molecule has 4 aromatic heterocycles. The van der Waals surface area contributed by atoms with Crippen molar-refractivity contribution in [3.8, 4) is 22.7 Å². The van der Waals surface area contributed by atoms with Crippen molar-refractivity contribution < 1.29 is 13.6 Å². The van der Waals surface area contributed by atoms with Gasteiger partial charge < -0.3 is 4.42 Å². The number of anilines is 1. The fourth-order valence-corrected chi connectivity index (χ4v) is 4.14. The maximum absolute atomic E-state index is 13.2. The third-order valence-electron chi connectivity index (χ3n) is 4.85. The first-order valence-corrected chi connectivity index (χ1v) is 10.3. The van der Waals surface area contributed by atoms with Gasteiger partial charge in [-0.15, -0.1) is 11.3 Å². The van der Waals surface area contributed by atoms with Gasteiger partial charge in [-0.1, -0.05) is 0 Å². The summed E-state index contributed by atoms with van der Waals surface area (Å²) in [6, 6.07) is 11.3. The smallest absolute Gasteiger partial charge is 0.258 e. The molecule has 0 saturated heterocycles. The van der Waals surface area contributed by atoms with Crippen LogP contribution < -0.4 is 5.32 Å². The number of pyridine rings is 1. The number of hydrogen-bond donors (Lipinski definition) is 1. The van der Waals surface area contributed by atoms with Crippen LogP contribution in [0.5, 0.6) is 0 Å². The quantitative estimate of drug-likeness (QED) is 0.429. The highest BCUT2D eigenvalue weighted by Gasteiger charge is 2.21. The molecule has 154 valence electrons. The molecule has 0 radical (unpaired) electrons. The maximum atomic E-state index is 13.2. The Hall–Kier alpha value is -3.85. The predicted octanol–water partition coefficient (Wildman–Crippen LogP) is 5.05. The summed E-state index contributed by atoms with van der Waals surface area (Å²) < 4.78 is 20.3. The lowest BCUT2D eigenvalue weighted by Gasteiger charge is -2.07. The molecular weight excluding hydrogens is 417 g/mol. The van der Waals surface area contributed by atoms with E-state index in [1.807, 2.05) is 12.3 Å². The van der Waals surface area contributed by atoms with E-state index in [4.69, 9.17) is 4.42 Å². The van der Waals surface area contributed by atoms with Gasteiger partial charge in [-0.25, -0.2) is 14.4 Å². The number of amides is 1. The van der Waals surface area contributed by atoms with Crippen LogP contribution in [0, 0.1) is 12.7 Å². The minimum Gasteiger partial charge on any atom is -0.463 e. The Bertz CT molecular complexity index is 1400. The lowest BCUT2D eigenvalue weighted by Crippen LogP contribution is -2.13. The molecule has 0 spiro atoms. The highest BCUT2D eigenvalue weighted by atomic mass is 32.1. The van der Waals surface area contributed by atoms with Crippen LogP contribution in [0.2, 0.25) is 0 Å². The Labute approximate surface area is 180 Å². The summed E-state index contributed by atoms with van der Waals surface area (Å²) in [5.74, 6) is -0.0765. The number of thiazole rings is 1. The molecule has 0 aliphatic heterocycles. The molecule has 0 fully saturated rings. The van der Waals surface area contributed by atoms with Crippen molar-refractivity contribution in [3.63, 3.8) is 0 Å². The molecule has 1 aromatic carbocycles. The largest absolute Gasteiger partial charge is 0.463 e. The molecule has 0 aliphatic carbocycles. The van der Waals surface area contributed by atoms with Crippen molar-refractivity contribution in [2.24, 2.45) is 7.05 Å². The first kappa shape index (κ1) is 19.1. The number of fused-ring (bicyclic) bond motifs is 1. The Morgan fingerprint density at radius 2 is 1.97 bits per heavy atom. The van der Waals surface area contributed by atoms with E-state index in [9.17, 15) is 9.18 Å². The number of aromatic nitrogens is 4. The Balaban J connectivity index is 1.52. The molecule has 0 bridgehead atoms. The molecule has 0 aliphatic rings. The van der Waals surface area contributed by atoms with E-state index in [0.29, 0.717) is 44.6 Å². The molecule has 5 aromatic rings. The third kappa shape index (κ3) is 3.49. The summed E-state index contributed by atoms with van der Waals surface area (Å²) in [5.41, 5.74) is 3.69. The van der Waals surface area contributed by atoms with E-state index in [0.717, 1.165) is 5.56 Å². The van der Waals surface area contributed by atoms with Gasteiger partial charge in [0.15, 0.2) is 16.5 Å². The van der Waals surface area contributed by atoms with Crippen molar-refractivity contribution in [3.05, 3.63) is 71.2 Å². The second kappa shape index (κ2) is 7.44. The molecular formula is C22H16FN5O2S. The minimum absolute atomic E-state index is 0.312. The monoisotopic (exact) mass is 433 g/mol. The number of furan rings is 1. The van der Waals surface area contributed by atoms with Gasteiger partial charge in [0, 0.05) is 18.0 Å². The van der Waals surface area contributed by atoms with Crippen molar-refractivity contribution in [2.75, 3.05) is 5.32 Å². The van der Waals surface area contributed by atoms with Gasteiger partial charge in [0.2, 0.25) is 0 Å². The molecule has 0 unspecified atom stereocenters. The molecule has 5 rings (SSSR count). The molecule has 4 heterocycles. The Kier molecular flexibility index (Phi) is 4.59. The summed E-state index contributed by atoms with van der Waals surface area (Å²) >= 11 is 1.30. The van der Waals surface area contributed by atoms with Crippen LogP contribution in [0.4, 0.5) is 9.52 Å². The summed E-state index contributed by atoms with van der Waals surface area (Å²) in [6.07, 6.45) is 1.56. The molecule has 7 nitrogen and oxygen atoms in total. The molecule has 0 atom stereocenters. The second-order valence-electron chi connectivity index (χ2n) is 6.94. The van der Waals surface area contributed by atoms with Gasteiger partial charge in [-0.3, -0.25) is 14.8 Å². The van der Waals surface area contributed by atoms with Crippen molar-refractivity contribution in [1.29, 1.82) is 0 Å². The van der Waals surface area contributed by atoms with Crippen LogP contribution in [-0.4, -0.2) is 25.7 Å². The van der Waals surface area contributed by atoms with Gasteiger partial charge in [0.1, 0.15) is 11.5 Å². The van der Waals surface area contributed by atoms with Gasteiger partial charge in [0.05, 0.1) is 28.6 Å². The number of nitrogens with zero attached hydrogens (tertiary/aromatic N) is 4. The third-order valence-corrected chi connectivity index (χ3v) is 5.61. The van der Waals surface area contributed by atoms with E-state index >= 15 is 0 Å². The van der Waals surface area contributed by atoms with E-state index in [2.05, 4.69) is 20.4 Å². The van der Waals surface area contributed by atoms with Crippen LogP contribution in [0.25, 0.3) is 33.7 Å². The summed E-state index contributed by atoms with van der Waals surface area (Å²) in [6.45, 7) is 1.84. The summed E-state index contributed by atoms with van der Waals surface area (Å²) in [4.78, 5) is 22.3. The zero-order valence-corrected chi connectivity index (χ0v) is 17.4. The lowest BCUT2D eigenvalue weighted by atomic mass is 10.1. The number of carbonyl (C=O) groups is 1. The van der Waals surface area contributed by atoms with Crippen LogP contribution >= 0.6 is 11.3 Å². The topological polar surface area (TPSA) is 85.8 Å². The first-order valence-electron chi connectivity index (χ1n) is 9.40. The van der Waals surface area contributed by atoms with Crippen LogP contribution in [-0.2, 0) is 7.05 Å². The number of halogens is 1. The zero-order valence-electron chi connectivity index (χ0n) is 16.6. The van der Waals surface area contributed by atoms with Crippen molar-refractivity contribution in [2.45, 2.75) is 6.92 Å². The average molecular weight is 433 g/mol. The summed E-state index contributed by atoms with van der Waals surface area (Å²) in [5, 5.41) is 10.2. The normalized spacial score (nSPS) is 11.2. The molecule has 1 N–H and O–H groups in total. The molecule has 9 heteroatoms. The van der Waals surface area contributed by atoms with Crippen molar-refractivity contribution in [1.82, 2.24) is 19.7 Å². The second-order valence-corrected chi connectivity index (χ2v) is 7.80. The fourth-order valence-electron chi connectivity index (χ4n) is 3.42. The van der Waals surface area contributed by atoms with Crippen LogP contribution in [0.3, 0.4) is 0 Å². The van der Waals surface area contributed by atoms with E-state index in [1.54, 1.807) is 48.3 Å². The van der Waals surface area contributed by atoms with Crippen molar-refractivity contribution >= 4 is 33.4 Å². The van der Waals surface area contributed by atoms with Gasteiger partial charge >= 0.3 is 0 Å². The SMILES string of the molecule is Cc1nn(C)c2nc(-c3ccco3)cc(C(=O)Nc3nc(-c4ccc(F)cc4)cs3)c12. The highest BCUT2D eigenvalue weighted by molar-refractivity contribution is 7.14. The highest BCUT2D eigenvalue weighted by Crippen LogP contribution is 2.29. The average Bonchev–Trinajstić information content (AvgIpc) is 3.50. The molecule has 31 heavy (non-hydrogen) atoms.